The molecule has 2 atom stereocenters. The number of methoxy groups -OCH3 is 1. The molecular weight excluding hydrogens is 278 g/mol. The summed E-state index contributed by atoms with van der Waals surface area (Å²) in [7, 11) is 1.52. The third-order valence-corrected chi connectivity index (χ3v) is 4.62. The molecule has 2 unspecified atom stereocenters. The first-order chi connectivity index (χ1) is 9.98. The van der Waals surface area contributed by atoms with Gasteiger partial charge in [-0.3, -0.25) is 9.59 Å². The highest BCUT2D eigenvalue weighted by atomic mass is 16.5. The first-order valence-electron chi connectivity index (χ1n) is 8.29. The smallest absolute Gasteiger partial charge is 0.226 e. The van der Waals surface area contributed by atoms with E-state index in [9.17, 15) is 9.59 Å². The molecule has 0 aromatic carbocycles. The molecule has 0 saturated carbocycles. The van der Waals surface area contributed by atoms with Gasteiger partial charge in [-0.05, 0) is 23.7 Å². The van der Waals surface area contributed by atoms with E-state index in [4.69, 9.17) is 4.74 Å². The predicted molar refractivity (Wildman–Crippen MR) is 88.6 cm³/mol. The Bertz CT molecular complexity index is 404. The number of carbonyl (C=O) groups is 2. The zero-order valence-corrected chi connectivity index (χ0v) is 15.4. The van der Waals surface area contributed by atoms with Crippen LogP contribution in [-0.2, 0) is 14.3 Å². The number of ether oxygens (including phenoxy) is 1. The zero-order valence-electron chi connectivity index (χ0n) is 15.4. The Morgan fingerprint density at radius 1 is 1.18 bits per heavy atom. The van der Waals surface area contributed by atoms with Crippen molar-refractivity contribution < 1.29 is 14.3 Å². The summed E-state index contributed by atoms with van der Waals surface area (Å²) in [6.07, 6.45) is 2.37. The molecule has 0 aromatic heterocycles. The first-order valence-corrected chi connectivity index (χ1v) is 8.29. The van der Waals surface area contributed by atoms with E-state index in [0.717, 1.165) is 19.4 Å². The van der Waals surface area contributed by atoms with Gasteiger partial charge in [0.2, 0.25) is 5.91 Å². The van der Waals surface area contributed by atoms with Crippen molar-refractivity contribution >= 4 is 11.7 Å². The Labute approximate surface area is 135 Å². The lowest BCUT2D eigenvalue weighted by atomic mass is 9.76. The van der Waals surface area contributed by atoms with Crippen molar-refractivity contribution in [3.63, 3.8) is 0 Å². The van der Waals surface area contributed by atoms with Gasteiger partial charge in [-0.1, -0.05) is 41.5 Å². The van der Waals surface area contributed by atoms with E-state index in [0.29, 0.717) is 0 Å². The molecule has 128 valence electrons. The maximum absolute atomic E-state index is 13.1. The number of hydrogen-bond donors (Lipinski definition) is 0. The average molecular weight is 311 g/mol. The summed E-state index contributed by atoms with van der Waals surface area (Å²) >= 11 is 0. The molecule has 4 nitrogen and oxygen atoms in total. The van der Waals surface area contributed by atoms with Crippen LogP contribution < -0.4 is 0 Å². The number of nitrogens with zero attached hydrogens (tertiary/aromatic N) is 1. The zero-order chi connectivity index (χ0) is 17.1. The van der Waals surface area contributed by atoms with E-state index in [1.165, 1.54) is 7.11 Å². The fourth-order valence-electron chi connectivity index (χ4n) is 3.34. The van der Waals surface area contributed by atoms with E-state index in [1.54, 1.807) is 0 Å². The minimum Gasteiger partial charge on any atom is -0.377 e. The van der Waals surface area contributed by atoms with Crippen LogP contribution in [-0.4, -0.2) is 42.9 Å². The van der Waals surface area contributed by atoms with Gasteiger partial charge in [-0.2, -0.15) is 0 Å². The molecule has 0 bridgehead atoms. The van der Waals surface area contributed by atoms with E-state index < -0.39 is 0 Å². The fourth-order valence-corrected chi connectivity index (χ4v) is 3.34. The highest BCUT2D eigenvalue weighted by molar-refractivity contribution is 5.88. The lowest BCUT2D eigenvalue weighted by molar-refractivity contribution is -0.145. The summed E-state index contributed by atoms with van der Waals surface area (Å²) in [6, 6.07) is 0.266. The minimum absolute atomic E-state index is 0.00211. The molecule has 1 aliphatic rings. The van der Waals surface area contributed by atoms with Crippen molar-refractivity contribution in [2.45, 2.75) is 66.8 Å². The summed E-state index contributed by atoms with van der Waals surface area (Å²) in [5.74, 6) is -0.144. The first kappa shape index (κ1) is 19.1. The Hall–Kier alpha value is -0.900. The summed E-state index contributed by atoms with van der Waals surface area (Å²) in [4.78, 5) is 27.1. The number of rotatable bonds is 5. The number of ketones is 1. The van der Waals surface area contributed by atoms with E-state index in [1.807, 2.05) is 25.7 Å². The van der Waals surface area contributed by atoms with Crippen LogP contribution in [0.4, 0.5) is 0 Å². The Balaban J connectivity index is 2.95. The van der Waals surface area contributed by atoms with Crippen molar-refractivity contribution in [3.05, 3.63) is 0 Å². The highest BCUT2D eigenvalue weighted by Crippen LogP contribution is 2.37. The van der Waals surface area contributed by atoms with Crippen LogP contribution in [0.2, 0.25) is 0 Å². The summed E-state index contributed by atoms with van der Waals surface area (Å²) < 4.78 is 4.92. The van der Waals surface area contributed by atoms with E-state index >= 15 is 0 Å². The van der Waals surface area contributed by atoms with Gasteiger partial charge in [-0.25, -0.2) is 0 Å². The molecule has 1 fully saturated rings. The number of Topliss-reactive ketones (excluding diaryl/α,β-unsaturated/α-hetero) is 1. The largest absolute Gasteiger partial charge is 0.377 e. The van der Waals surface area contributed by atoms with Gasteiger partial charge in [0, 0.05) is 32.0 Å². The third kappa shape index (κ3) is 4.80. The summed E-state index contributed by atoms with van der Waals surface area (Å²) in [6.45, 7) is 13.6. The molecular formula is C18H33NO3. The molecule has 0 spiro atoms. The van der Waals surface area contributed by atoms with Crippen molar-refractivity contribution in [2.75, 3.05) is 20.3 Å². The minimum atomic E-state index is -0.280. The van der Waals surface area contributed by atoms with Crippen LogP contribution in [0.3, 0.4) is 0 Å². The summed E-state index contributed by atoms with van der Waals surface area (Å²) in [5, 5.41) is 0. The van der Waals surface area contributed by atoms with Crippen molar-refractivity contribution in [2.24, 2.45) is 16.7 Å². The highest BCUT2D eigenvalue weighted by Gasteiger charge is 2.42. The number of hydrogen-bond acceptors (Lipinski definition) is 3. The third-order valence-electron chi connectivity index (χ3n) is 4.62. The molecule has 0 aliphatic carbocycles. The molecule has 0 aromatic rings. The molecule has 1 saturated heterocycles. The molecule has 1 rings (SSSR count). The monoisotopic (exact) mass is 311 g/mol. The lowest BCUT2D eigenvalue weighted by Gasteiger charge is -2.39. The molecule has 0 radical (unpaired) electrons. The van der Waals surface area contributed by atoms with Gasteiger partial charge in [0.05, 0.1) is 0 Å². The van der Waals surface area contributed by atoms with Crippen LogP contribution in [0, 0.1) is 16.7 Å². The van der Waals surface area contributed by atoms with Gasteiger partial charge in [0.25, 0.3) is 0 Å². The maximum atomic E-state index is 13.1. The van der Waals surface area contributed by atoms with Crippen LogP contribution in [0.1, 0.15) is 60.8 Å². The van der Waals surface area contributed by atoms with Gasteiger partial charge < -0.3 is 9.64 Å². The van der Waals surface area contributed by atoms with Gasteiger partial charge in [0.15, 0.2) is 5.78 Å². The second-order valence-electron chi connectivity index (χ2n) is 8.65. The molecule has 1 amide bonds. The lowest BCUT2D eigenvalue weighted by Crippen LogP contribution is -2.48. The van der Waals surface area contributed by atoms with Crippen LogP contribution >= 0.6 is 0 Å². The second kappa shape index (κ2) is 7.12. The van der Waals surface area contributed by atoms with Gasteiger partial charge in [-0.15, -0.1) is 0 Å². The summed E-state index contributed by atoms with van der Waals surface area (Å²) in [5.41, 5.74) is -0.156. The van der Waals surface area contributed by atoms with Crippen LogP contribution in [0.15, 0.2) is 0 Å². The van der Waals surface area contributed by atoms with Crippen molar-refractivity contribution in [1.29, 1.82) is 0 Å². The van der Waals surface area contributed by atoms with E-state index in [2.05, 4.69) is 20.8 Å². The number of likely N-dealkylation sites (tertiary alicyclic amines) is 1. The average Bonchev–Trinajstić information content (AvgIpc) is 2.83. The standard InChI is InChI=1S/C18H33NO3/c1-17(2,3)14(11-13(20)12-22-7)16(21)19-10-8-9-15(19)18(4,5)6/h14-15H,8-12H2,1-7H3. The molecule has 1 aliphatic heterocycles. The van der Waals surface area contributed by atoms with E-state index in [-0.39, 0.29) is 47.5 Å². The number of amides is 1. The fraction of sp³-hybridized carbons (Fsp3) is 0.889. The Morgan fingerprint density at radius 2 is 1.77 bits per heavy atom. The second-order valence-corrected chi connectivity index (χ2v) is 8.65. The van der Waals surface area contributed by atoms with Crippen molar-refractivity contribution in [3.8, 4) is 0 Å². The molecule has 1 heterocycles. The maximum Gasteiger partial charge on any atom is 0.226 e. The molecule has 4 heteroatoms. The van der Waals surface area contributed by atoms with Gasteiger partial charge in [0.1, 0.15) is 6.61 Å². The topological polar surface area (TPSA) is 46.6 Å². The Morgan fingerprint density at radius 3 is 2.23 bits per heavy atom. The quantitative estimate of drug-likeness (QED) is 0.782. The predicted octanol–water partition coefficient (Wildman–Crippen LogP) is 3.29. The van der Waals surface area contributed by atoms with Gasteiger partial charge >= 0.3 is 0 Å². The normalized spacial score (nSPS) is 21.0. The number of carbonyl (C=O) groups excluding carboxylic acids is 2. The molecule has 0 N–H and O–H groups in total. The Kier molecular flexibility index (Phi) is 6.19. The van der Waals surface area contributed by atoms with Crippen LogP contribution in [0.5, 0.6) is 0 Å². The van der Waals surface area contributed by atoms with Crippen LogP contribution in [0.25, 0.3) is 0 Å². The molecule has 22 heavy (non-hydrogen) atoms. The van der Waals surface area contributed by atoms with Crippen molar-refractivity contribution in [1.82, 2.24) is 4.90 Å². The SMILES string of the molecule is COCC(=O)CC(C(=O)N1CCCC1C(C)(C)C)C(C)(C)C.